The number of fused-ring (bicyclic) bond motifs is 2. The Morgan fingerprint density at radius 3 is 2.18 bits per heavy atom. The molecule has 17 nitrogen and oxygen atoms in total. The molecule has 1 unspecified atom stereocenters. The van der Waals surface area contributed by atoms with Gasteiger partial charge in [-0.05, 0) is 122 Å². The minimum absolute atomic E-state index is 0.00401. The summed E-state index contributed by atoms with van der Waals surface area (Å²) in [5.41, 5.74) is 1.24. The number of benzene rings is 2. The molecule has 5 fully saturated rings. The summed E-state index contributed by atoms with van der Waals surface area (Å²) in [5.74, 6) is -3.09. The zero-order valence-electron chi connectivity index (χ0n) is 38.4. The zero-order chi connectivity index (χ0) is 47.8. The van der Waals surface area contributed by atoms with Crippen molar-refractivity contribution in [3.63, 3.8) is 0 Å². The number of imidazole rings is 1. The van der Waals surface area contributed by atoms with Crippen LogP contribution >= 0.6 is 0 Å². The molecular formula is C47H56F3N11O6S. The highest BCUT2D eigenvalue weighted by Gasteiger charge is 2.46. The number of imide groups is 2. The smallest absolute Gasteiger partial charge is 0.262 e. The Bertz CT molecular complexity index is 2800. The van der Waals surface area contributed by atoms with E-state index in [0.717, 1.165) is 49.6 Å². The van der Waals surface area contributed by atoms with Crippen LogP contribution in [0, 0.1) is 30.3 Å². The van der Waals surface area contributed by atoms with Crippen molar-refractivity contribution in [3.8, 4) is 11.3 Å². The lowest BCUT2D eigenvalue weighted by Crippen LogP contribution is -2.61. The molecule has 68 heavy (non-hydrogen) atoms. The number of hydrogen-bond donors (Lipinski definition) is 2. The molecule has 5 saturated heterocycles. The minimum Gasteiger partial charge on any atom is -0.366 e. The van der Waals surface area contributed by atoms with Crippen molar-refractivity contribution in [2.45, 2.75) is 102 Å². The van der Waals surface area contributed by atoms with Gasteiger partial charge in [-0.2, -0.15) is 0 Å². The van der Waals surface area contributed by atoms with Gasteiger partial charge in [0.15, 0.2) is 11.6 Å². The molecule has 6 aliphatic heterocycles. The molecule has 21 heteroatoms. The fourth-order valence-corrected chi connectivity index (χ4v) is 13.2. The van der Waals surface area contributed by atoms with E-state index in [0.29, 0.717) is 82.2 Å². The summed E-state index contributed by atoms with van der Waals surface area (Å²) in [4.78, 5) is 71.0. The van der Waals surface area contributed by atoms with E-state index >= 15 is 13.2 Å². The first kappa shape index (κ1) is 46.2. The Hall–Kier alpha value is -5.51. The molecule has 4 aromatic rings. The molecule has 0 radical (unpaired) electrons. The number of rotatable bonds is 11. The Labute approximate surface area is 392 Å². The van der Waals surface area contributed by atoms with Crippen LogP contribution in [-0.4, -0.2) is 153 Å². The number of anilines is 2. The molecule has 6 aliphatic rings. The van der Waals surface area contributed by atoms with Gasteiger partial charge in [-0.15, -0.1) is 0 Å². The van der Waals surface area contributed by atoms with Crippen molar-refractivity contribution >= 4 is 56.3 Å². The van der Waals surface area contributed by atoms with Crippen LogP contribution in [0.2, 0.25) is 0 Å². The van der Waals surface area contributed by atoms with Crippen molar-refractivity contribution in [1.29, 1.82) is 0 Å². The molecule has 10 rings (SSSR count). The lowest BCUT2D eigenvalue weighted by Gasteiger charge is -2.49. The standard InChI is InChI=1S/C47H56F3N11O6S/c1-26(2)60-27(3)52-43-36(49)18-29(19-40(43)60)42-37(50)22-51-47(55-42)53-30-8-16-59(17-9-30)68(66,67)32-10-12-56(13-11-32)23-28-6-14-57(15-7-28)31-24-58(25-31)39-21-34-33(20-35(39)48)45(64)61(46(34)65)38-4-5-41(62)54-44(38)63/h18-22,26,28,30-32,38H,4-17,23-25H2,1-3H3,(H,51,53,55)(H,54,62,63). The summed E-state index contributed by atoms with van der Waals surface area (Å²) >= 11 is 0. The number of carbonyl (C=O) groups excluding carboxylic acids is 4. The van der Waals surface area contributed by atoms with E-state index < -0.39 is 62.4 Å². The number of nitrogens with one attached hydrogen (secondary N) is 2. The number of halogens is 3. The van der Waals surface area contributed by atoms with Crippen molar-refractivity contribution in [1.82, 2.24) is 43.8 Å². The maximum Gasteiger partial charge on any atom is 0.262 e. The number of amides is 4. The summed E-state index contributed by atoms with van der Waals surface area (Å²) in [6.07, 6.45) is 5.30. The maximum absolute atomic E-state index is 15.4. The van der Waals surface area contributed by atoms with E-state index in [9.17, 15) is 27.6 Å². The number of nitrogens with zero attached hydrogens (tertiary/aromatic N) is 9. The number of piperidine rings is 4. The molecule has 0 aliphatic carbocycles. The van der Waals surface area contributed by atoms with Gasteiger partial charge in [0.2, 0.25) is 27.8 Å². The van der Waals surface area contributed by atoms with E-state index in [4.69, 9.17) is 0 Å². The molecule has 0 spiro atoms. The van der Waals surface area contributed by atoms with Crippen molar-refractivity contribution in [2.75, 3.05) is 69.1 Å². The van der Waals surface area contributed by atoms with Gasteiger partial charge < -0.3 is 19.7 Å². The molecule has 362 valence electrons. The lowest BCUT2D eigenvalue weighted by molar-refractivity contribution is -0.136. The second kappa shape index (κ2) is 18.1. The zero-order valence-corrected chi connectivity index (χ0v) is 39.2. The van der Waals surface area contributed by atoms with Crippen molar-refractivity contribution < 1.29 is 40.8 Å². The second-order valence-corrected chi connectivity index (χ2v) is 21.7. The quantitative estimate of drug-likeness (QED) is 0.201. The van der Waals surface area contributed by atoms with E-state index in [1.807, 2.05) is 23.3 Å². The number of aromatic nitrogens is 4. The lowest BCUT2D eigenvalue weighted by atomic mass is 9.92. The number of sulfonamides is 1. The van der Waals surface area contributed by atoms with Crippen molar-refractivity contribution in [2.24, 2.45) is 5.92 Å². The second-order valence-electron chi connectivity index (χ2n) is 19.5. The van der Waals surface area contributed by atoms with Gasteiger partial charge >= 0.3 is 0 Å². The summed E-state index contributed by atoms with van der Waals surface area (Å²) in [7, 11) is -3.51. The maximum atomic E-state index is 15.4. The predicted octanol–water partition coefficient (Wildman–Crippen LogP) is 4.47. The summed E-state index contributed by atoms with van der Waals surface area (Å²) in [6, 6.07) is 4.42. The predicted molar refractivity (Wildman–Crippen MR) is 246 cm³/mol. The fraction of sp³-hybridized carbons (Fsp3) is 0.553. The third kappa shape index (κ3) is 8.52. The van der Waals surface area contributed by atoms with Crippen LogP contribution in [0.4, 0.5) is 24.8 Å². The van der Waals surface area contributed by atoms with E-state index in [2.05, 4.69) is 35.4 Å². The third-order valence-electron chi connectivity index (χ3n) is 15.0. The Morgan fingerprint density at radius 1 is 0.809 bits per heavy atom. The van der Waals surface area contributed by atoms with Crippen molar-refractivity contribution in [3.05, 3.63) is 64.9 Å². The van der Waals surface area contributed by atoms with Gasteiger partial charge in [-0.3, -0.25) is 34.3 Å². The van der Waals surface area contributed by atoms with Gasteiger partial charge in [0.1, 0.15) is 28.9 Å². The molecule has 4 amide bonds. The van der Waals surface area contributed by atoms with E-state index in [1.165, 1.54) is 12.1 Å². The monoisotopic (exact) mass is 959 g/mol. The minimum atomic E-state index is -3.51. The van der Waals surface area contributed by atoms with Crippen LogP contribution in [-0.2, 0) is 19.6 Å². The van der Waals surface area contributed by atoms with Gasteiger partial charge in [0, 0.05) is 62.8 Å². The third-order valence-corrected chi connectivity index (χ3v) is 17.4. The molecule has 0 bridgehead atoms. The largest absolute Gasteiger partial charge is 0.366 e. The Morgan fingerprint density at radius 2 is 1.50 bits per heavy atom. The van der Waals surface area contributed by atoms with Crippen LogP contribution in [0.3, 0.4) is 0 Å². The Kier molecular flexibility index (Phi) is 12.3. The summed E-state index contributed by atoms with van der Waals surface area (Å²) in [6.45, 7) is 11.7. The average molecular weight is 960 g/mol. The fourth-order valence-electron chi connectivity index (χ4n) is 11.2. The molecule has 1 atom stereocenters. The molecule has 2 aromatic carbocycles. The number of aryl methyl sites for hydroxylation is 1. The number of likely N-dealkylation sites (tertiary alicyclic amines) is 2. The van der Waals surface area contributed by atoms with Gasteiger partial charge in [-0.1, -0.05) is 0 Å². The molecular weight excluding hydrogens is 904 g/mol. The normalized spacial score (nSPS) is 22.4. The van der Waals surface area contributed by atoms with Crippen LogP contribution in [0.1, 0.15) is 97.8 Å². The van der Waals surface area contributed by atoms with Crippen LogP contribution in [0.5, 0.6) is 0 Å². The molecule has 2 aromatic heterocycles. The summed E-state index contributed by atoms with van der Waals surface area (Å²) < 4.78 is 77.0. The molecule has 2 N–H and O–H groups in total. The Balaban J connectivity index is 0.663. The van der Waals surface area contributed by atoms with Crippen LogP contribution < -0.4 is 15.5 Å². The van der Waals surface area contributed by atoms with Crippen LogP contribution in [0.15, 0.2) is 30.5 Å². The SMILES string of the molecule is Cc1nc2c(F)cc(-c3nc(NC4CCN(S(=O)(=O)C5CCN(CC6CCN(C7CN(c8cc9c(cc8F)C(=O)N(C8CCC(=O)NC8=O)C9=O)C7)CC6)CC5)CC4)ncc3F)cc2n1C(C)C. The van der Waals surface area contributed by atoms with Gasteiger partial charge in [0.05, 0.1) is 33.8 Å². The van der Waals surface area contributed by atoms with Crippen LogP contribution in [0.25, 0.3) is 22.3 Å². The van der Waals surface area contributed by atoms with E-state index in [-0.39, 0.29) is 70.5 Å². The van der Waals surface area contributed by atoms with Gasteiger partial charge in [-0.25, -0.2) is 40.8 Å². The first-order chi connectivity index (χ1) is 32.5. The highest BCUT2D eigenvalue weighted by atomic mass is 32.2. The average Bonchev–Trinajstić information content (AvgIpc) is 3.76. The molecule has 8 heterocycles. The topological polar surface area (TPSA) is 186 Å². The number of hydrogen-bond acceptors (Lipinski definition) is 13. The first-order valence-electron chi connectivity index (χ1n) is 23.8. The molecule has 0 saturated carbocycles. The number of carbonyl (C=O) groups is 4. The summed E-state index contributed by atoms with van der Waals surface area (Å²) in [5, 5.41) is 4.99. The highest BCUT2D eigenvalue weighted by molar-refractivity contribution is 7.89. The first-order valence-corrected chi connectivity index (χ1v) is 25.3. The van der Waals surface area contributed by atoms with E-state index in [1.54, 1.807) is 17.3 Å². The highest BCUT2D eigenvalue weighted by Crippen LogP contribution is 2.37. The van der Waals surface area contributed by atoms with Gasteiger partial charge in [0.25, 0.3) is 11.8 Å².